The SMILES string of the molecule is c1ccc(-c2nc(-c3ccc(-c4c5ccccc5c(-c5ccccc5)c5ccccc45)cc3)nc(-c3cc4c5ccccc5c5ccccc5c4c4ccccc34)n2)cc1. The van der Waals surface area contributed by atoms with E-state index in [0.717, 1.165) is 27.6 Å². The minimum Gasteiger partial charge on any atom is -0.208 e. The third kappa shape index (κ3) is 5.40. The average Bonchev–Trinajstić information content (AvgIpc) is 3.33. The fraction of sp³-hybridized carbons (Fsp3) is 0. The summed E-state index contributed by atoms with van der Waals surface area (Å²) in [6.45, 7) is 0. The zero-order valence-electron chi connectivity index (χ0n) is 32.5. The lowest BCUT2D eigenvalue weighted by atomic mass is 9.86. The smallest absolute Gasteiger partial charge is 0.164 e. The Morgan fingerprint density at radius 3 is 1.05 bits per heavy atom. The first kappa shape index (κ1) is 34.1. The number of hydrogen-bond acceptors (Lipinski definition) is 3. The molecule has 12 rings (SSSR count). The summed E-state index contributed by atoms with van der Waals surface area (Å²) in [5.74, 6) is 1.92. The maximum absolute atomic E-state index is 5.32. The van der Waals surface area contributed by atoms with E-state index in [-0.39, 0.29) is 0 Å². The summed E-state index contributed by atoms with van der Waals surface area (Å²) < 4.78 is 0. The van der Waals surface area contributed by atoms with Crippen molar-refractivity contribution in [3.63, 3.8) is 0 Å². The van der Waals surface area contributed by atoms with Gasteiger partial charge in [-0.2, -0.15) is 0 Å². The molecule has 11 aromatic carbocycles. The van der Waals surface area contributed by atoms with Crippen molar-refractivity contribution >= 4 is 64.6 Å². The fourth-order valence-electron chi connectivity index (χ4n) is 9.43. The molecule has 60 heavy (non-hydrogen) atoms. The van der Waals surface area contributed by atoms with Crippen LogP contribution in [0.5, 0.6) is 0 Å². The van der Waals surface area contributed by atoms with Crippen molar-refractivity contribution in [1.82, 2.24) is 15.0 Å². The van der Waals surface area contributed by atoms with E-state index in [1.165, 1.54) is 75.9 Å². The molecule has 0 spiro atoms. The van der Waals surface area contributed by atoms with Gasteiger partial charge in [0.25, 0.3) is 0 Å². The molecule has 1 aromatic heterocycles. The van der Waals surface area contributed by atoms with E-state index in [1.54, 1.807) is 0 Å². The lowest BCUT2D eigenvalue weighted by molar-refractivity contribution is 1.08. The van der Waals surface area contributed by atoms with Crippen molar-refractivity contribution in [1.29, 1.82) is 0 Å². The molecule has 0 saturated carbocycles. The largest absolute Gasteiger partial charge is 0.208 e. The van der Waals surface area contributed by atoms with Crippen molar-refractivity contribution in [2.75, 3.05) is 0 Å². The zero-order valence-corrected chi connectivity index (χ0v) is 32.5. The Hall–Kier alpha value is -8.01. The highest BCUT2D eigenvalue weighted by Gasteiger charge is 2.20. The van der Waals surface area contributed by atoms with Gasteiger partial charge in [-0.05, 0) is 93.0 Å². The first-order valence-electron chi connectivity index (χ1n) is 20.4. The highest BCUT2D eigenvalue weighted by molar-refractivity contribution is 6.33. The van der Waals surface area contributed by atoms with Crippen LogP contribution in [0, 0.1) is 0 Å². The summed E-state index contributed by atoms with van der Waals surface area (Å²) in [6, 6.07) is 75.8. The topological polar surface area (TPSA) is 38.7 Å². The first-order valence-corrected chi connectivity index (χ1v) is 20.4. The van der Waals surface area contributed by atoms with Crippen molar-refractivity contribution in [3.8, 4) is 56.4 Å². The Bertz CT molecular complexity index is 3580. The number of nitrogens with zero attached hydrogens (tertiary/aromatic N) is 3. The summed E-state index contributed by atoms with van der Waals surface area (Å²) in [5, 5.41) is 14.6. The summed E-state index contributed by atoms with van der Waals surface area (Å²) >= 11 is 0. The summed E-state index contributed by atoms with van der Waals surface area (Å²) in [5.41, 5.74) is 7.68. The first-order chi connectivity index (χ1) is 29.8. The molecule has 0 fully saturated rings. The Balaban J connectivity index is 1.07. The van der Waals surface area contributed by atoms with Crippen LogP contribution in [0.3, 0.4) is 0 Å². The van der Waals surface area contributed by atoms with Crippen LogP contribution in [-0.2, 0) is 0 Å². The minimum atomic E-state index is 0.632. The molecule has 3 heteroatoms. The molecular formula is C57H35N3. The second-order valence-corrected chi connectivity index (χ2v) is 15.4. The maximum Gasteiger partial charge on any atom is 0.164 e. The Morgan fingerprint density at radius 2 is 0.533 bits per heavy atom. The molecule has 0 aliphatic heterocycles. The van der Waals surface area contributed by atoms with E-state index >= 15 is 0 Å². The summed E-state index contributed by atoms with van der Waals surface area (Å²) in [7, 11) is 0. The Morgan fingerprint density at radius 1 is 0.217 bits per heavy atom. The molecule has 0 atom stereocenters. The van der Waals surface area contributed by atoms with Gasteiger partial charge in [-0.15, -0.1) is 0 Å². The summed E-state index contributed by atoms with van der Waals surface area (Å²) in [6.07, 6.45) is 0. The molecule has 278 valence electrons. The Kier molecular flexibility index (Phi) is 7.85. The van der Waals surface area contributed by atoms with Gasteiger partial charge in [0.05, 0.1) is 0 Å². The van der Waals surface area contributed by atoms with Crippen molar-refractivity contribution in [3.05, 3.63) is 212 Å². The van der Waals surface area contributed by atoms with Crippen molar-refractivity contribution in [2.24, 2.45) is 0 Å². The Labute approximate surface area is 346 Å². The molecule has 0 radical (unpaired) electrons. The third-order valence-electron chi connectivity index (χ3n) is 12.1. The predicted octanol–water partition coefficient (Wildman–Crippen LogP) is 15.1. The van der Waals surface area contributed by atoms with Crippen molar-refractivity contribution < 1.29 is 0 Å². The van der Waals surface area contributed by atoms with Gasteiger partial charge in [0.1, 0.15) is 0 Å². The van der Waals surface area contributed by atoms with Crippen LogP contribution >= 0.6 is 0 Å². The van der Waals surface area contributed by atoms with Gasteiger partial charge in [-0.3, -0.25) is 0 Å². The van der Waals surface area contributed by atoms with E-state index in [1.807, 2.05) is 18.2 Å². The van der Waals surface area contributed by atoms with Gasteiger partial charge >= 0.3 is 0 Å². The van der Waals surface area contributed by atoms with Gasteiger partial charge < -0.3 is 0 Å². The van der Waals surface area contributed by atoms with Crippen LogP contribution in [0.15, 0.2) is 212 Å². The van der Waals surface area contributed by atoms with E-state index in [2.05, 4.69) is 194 Å². The minimum absolute atomic E-state index is 0.632. The number of rotatable bonds is 5. The third-order valence-corrected chi connectivity index (χ3v) is 12.1. The van der Waals surface area contributed by atoms with E-state index in [0.29, 0.717) is 17.5 Å². The molecule has 1 heterocycles. The van der Waals surface area contributed by atoms with Gasteiger partial charge in [-0.1, -0.05) is 206 Å². The maximum atomic E-state index is 5.32. The van der Waals surface area contributed by atoms with E-state index < -0.39 is 0 Å². The van der Waals surface area contributed by atoms with Crippen LogP contribution in [0.1, 0.15) is 0 Å². The normalized spacial score (nSPS) is 11.7. The molecule has 0 amide bonds. The number of aromatic nitrogens is 3. The molecule has 12 aromatic rings. The summed E-state index contributed by atoms with van der Waals surface area (Å²) in [4.78, 5) is 15.7. The lowest BCUT2D eigenvalue weighted by Crippen LogP contribution is -2.01. The molecular weight excluding hydrogens is 727 g/mol. The highest BCUT2D eigenvalue weighted by Crippen LogP contribution is 2.45. The zero-order chi connectivity index (χ0) is 39.6. The molecule has 0 saturated heterocycles. The van der Waals surface area contributed by atoms with Crippen molar-refractivity contribution in [2.45, 2.75) is 0 Å². The van der Waals surface area contributed by atoms with Gasteiger partial charge in [0, 0.05) is 16.7 Å². The highest BCUT2D eigenvalue weighted by atomic mass is 15.0. The fourth-order valence-corrected chi connectivity index (χ4v) is 9.43. The van der Waals surface area contributed by atoms with Gasteiger partial charge in [-0.25, -0.2) is 15.0 Å². The molecule has 0 aliphatic carbocycles. The van der Waals surface area contributed by atoms with E-state index in [9.17, 15) is 0 Å². The molecule has 0 N–H and O–H groups in total. The molecule has 0 aliphatic rings. The van der Waals surface area contributed by atoms with Crippen LogP contribution in [-0.4, -0.2) is 15.0 Å². The second-order valence-electron chi connectivity index (χ2n) is 15.4. The predicted molar refractivity (Wildman–Crippen MR) is 252 cm³/mol. The molecule has 3 nitrogen and oxygen atoms in total. The lowest BCUT2D eigenvalue weighted by Gasteiger charge is -2.18. The number of hydrogen-bond donors (Lipinski definition) is 0. The quantitative estimate of drug-likeness (QED) is 0.129. The number of benzene rings is 11. The van der Waals surface area contributed by atoms with Gasteiger partial charge in [0.15, 0.2) is 17.5 Å². The van der Waals surface area contributed by atoms with E-state index in [4.69, 9.17) is 15.0 Å². The van der Waals surface area contributed by atoms with Crippen LogP contribution in [0.2, 0.25) is 0 Å². The van der Waals surface area contributed by atoms with Crippen LogP contribution in [0.4, 0.5) is 0 Å². The van der Waals surface area contributed by atoms with Gasteiger partial charge in [0.2, 0.25) is 0 Å². The molecule has 0 unspecified atom stereocenters. The monoisotopic (exact) mass is 761 g/mol. The molecule has 0 bridgehead atoms. The van der Waals surface area contributed by atoms with Crippen LogP contribution < -0.4 is 0 Å². The van der Waals surface area contributed by atoms with Crippen LogP contribution in [0.25, 0.3) is 121 Å². The average molecular weight is 762 g/mol. The standard InChI is InChI=1S/C57H35N3/c1-3-17-36(18-4-1)52-46-27-13-15-29-48(46)53(49-30-16-14-28-47(49)52)37-31-33-39(34-32-37)56-58-55(38-19-5-2-6-20-38)59-57(60-56)51-35-50-42-23-8-7-21-40(42)41-22-9-11-25-44(41)54(50)45-26-12-10-24-43(45)51/h1-35H. The number of fused-ring (bicyclic) bond motifs is 10. The second kappa shape index (κ2) is 13.8.